The maximum absolute atomic E-state index is 10.5. The highest BCUT2D eigenvalue weighted by molar-refractivity contribution is 5.89. The topological polar surface area (TPSA) is 277 Å². The first-order valence-electron chi connectivity index (χ1n) is 11.0. The molecule has 0 aliphatic carbocycles. The van der Waals surface area contributed by atoms with Gasteiger partial charge in [0.15, 0.2) is 6.20 Å². The van der Waals surface area contributed by atoms with E-state index in [1.54, 1.807) is 6.20 Å². The molecule has 0 aliphatic heterocycles. The number of carboxylic acids is 2. The number of carboxylic acid groups (broad SMARTS) is 2. The van der Waals surface area contributed by atoms with Crippen LogP contribution in [0.25, 0.3) is 11.4 Å². The maximum Gasteiger partial charge on any atom is 0.336 e. The third-order valence-electron chi connectivity index (χ3n) is 4.78. The van der Waals surface area contributed by atoms with Crippen molar-refractivity contribution in [3.63, 3.8) is 0 Å². The molecule has 0 radical (unpaired) electrons. The fourth-order valence-electron chi connectivity index (χ4n) is 2.93. The molecule has 0 aliphatic rings. The Morgan fingerprint density at radius 1 is 0.667 bits per heavy atom. The van der Waals surface area contributed by atoms with E-state index in [0.717, 1.165) is 23.5 Å². The molecular formula is C24H16N6O12. The van der Waals surface area contributed by atoms with Gasteiger partial charge in [0, 0.05) is 48.2 Å². The highest BCUT2D eigenvalue weighted by Gasteiger charge is 2.19. The average molecular weight is 580 g/mol. The van der Waals surface area contributed by atoms with Crippen molar-refractivity contribution < 1.29 is 44.5 Å². The van der Waals surface area contributed by atoms with E-state index in [0.29, 0.717) is 24.3 Å². The minimum Gasteiger partial charge on any atom is -0.545 e. The Kier molecular flexibility index (Phi) is 10.8. The number of aromatic carboxylic acids is 2. The van der Waals surface area contributed by atoms with E-state index < -0.39 is 65.5 Å². The van der Waals surface area contributed by atoms with Crippen molar-refractivity contribution >= 4 is 34.7 Å². The Morgan fingerprint density at radius 2 is 1.12 bits per heavy atom. The third kappa shape index (κ3) is 9.23. The normalized spacial score (nSPS) is 9.62. The van der Waals surface area contributed by atoms with Crippen LogP contribution in [0.5, 0.6) is 0 Å². The van der Waals surface area contributed by atoms with Gasteiger partial charge in [-0.25, -0.2) is 14.8 Å². The lowest BCUT2D eigenvalue weighted by molar-refractivity contribution is -0.394. The van der Waals surface area contributed by atoms with Crippen LogP contribution in [0.4, 0.5) is 22.7 Å². The molecule has 0 bridgehead atoms. The summed E-state index contributed by atoms with van der Waals surface area (Å²) < 4.78 is 0. The molecule has 4 aromatic rings. The molecule has 0 unspecified atom stereocenters. The van der Waals surface area contributed by atoms with Crippen molar-refractivity contribution in [2.75, 3.05) is 0 Å². The van der Waals surface area contributed by atoms with E-state index in [-0.39, 0.29) is 0 Å². The number of H-pyrrole nitrogens is 1. The zero-order valence-corrected chi connectivity index (χ0v) is 20.8. The number of nitrogens with one attached hydrogen (secondary N) is 1. The van der Waals surface area contributed by atoms with Crippen molar-refractivity contribution in [3.05, 3.63) is 137 Å². The predicted molar refractivity (Wildman–Crippen MR) is 137 cm³/mol. The van der Waals surface area contributed by atoms with Crippen LogP contribution in [0.3, 0.4) is 0 Å². The molecule has 214 valence electrons. The Morgan fingerprint density at radius 3 is 1.45 bits per heavy atom. The van der Waals surface area contributed by atoms with Crippen molar-refractivity contribution in [3.8, 4) is 11.4 Å². The van der Waals surface area contributed by atoms with Crippen molar-refractivity contribution in [1.29, 1.82) is 0 Å². The molecule has 0 atom stereocenters. The molecule has 0 spiro atoms. The number of hydrogen-bond donors (Lipinski definition) is 1. The van der Waals surface area contributed by atoms with Gasteiger partial charge in [-0.1, -0.05) is 6.07 Å². The van der Waals surface area contributed by atoms with Crippen LogP contribution in [0.15, 0.2) is 85.2 Å². The molecule has 4 rings (SSSR count). The van der Waals surface area contributed by atoms with Gasteiger partial charge in [0.25, 0.3) is 22.7 Å². The highest BCUT2D eigenvalue weighted by atomic mass is 16.6. The van der Waals surface area contributed by atoms with Gasteiger partial charge in [-0.3, -0.25) is 40.5 Å². The smallest absolute Gasteiger partial charge is 0.336 e. The van der Waals surface area contributed by atoms with Crippen LogP contribution in [-0.2, 0) is 0 Å². The lowest BCUT2D eigenvalue weighted by atomic mass is 10.2. The second kappa shape index (κ2) is 14.4. The number of rotatable bonds is 7. The summed E-state index contributed by atoms with van der Waals surface area (Å²) in [7, 11) is 0. The molecular weight excluding hydrogens is 564 g/mol. The van der Waals surface area contributed by atoms with E-state index in [1.165, 1.54) is 0 Å². The lowest BCUT2D eigenvalue weighted by Gasteiger charge is -2.01. The number of carbonyl (C=O) groups is 2. The number of pyridine rings is 2. The van der Waals surface area contributed by atoms with Crippen LogP contribution >= 0.6 is 0 Å². The van der Waals surface area contributed by atoms with Gasteiger partial charge in [0.1, 0.15) is 5.69 Å². The van der Waals surface area contributed by atoms with E-state index in [2.05, 4.69) is 9.97 Å². The highest BCUT2D eigenvalue weighted by Crippen LogP contribution is 2.23. The number of non-ortho nitro benzene ring substituents is 4. The van der Waals surface area contributed by atoms with Gasteiger partial charge in [-0.05, 0) is 18.2 Å². The predicted octanol–water partition coefficient (Wildman–Crippen LogP) is 2.63. The Labute approximate surface area is 232 Å². The first-order chi connectivity index (χ1) is 19.8. The van der Waals surface area contributed by atoms with Gasteiger partial charge >= 0.3 is 5.97 Å². The Bertz CT molecular complexity index is 1370. The lowest BCUT2D eigenvalue weighted by Crippen LogP contribution is -2.22. The van der Waals surface area contributed by atoms with Crippen molar-refractivity contribution in [2.45, 2.75) is 0 Å². The first kappa shape index (κ1) is 31.5. The zero-order valence-electron chi connectivity index (χ0n) is 20.8. The van der Waals surface area contributed by atoms with E-state index in [1.807, 2.05) is 42.6 Å². The second-order valence-corrected chi connectivity index (χ2v) is 7.59. The Balaban J connectivity index is 0.000000221. The quantitative estimate of drug-likeness (QED) is 0.243. The van der Waals surface area contributed by atoms with Gasteiger partial charge in [-0.15, -0.1) is 0 Å². The fraction of sp³-hybridized carbons (Fsp3) is 0. The Hall–Kier alpha value is -6.72. The van der Waals surface area contributed by atoms with Crippen molar-refractivity contribution in [1.82, 2.24) is 4.98 Å². The summed E-state index contributed by atoms with van der Waals surface area (Å²) >= 11 is 0. The first-order valence-corrected chi connectivity index (χ1v) is 11.0. The van der Waals surface area contributed by atoms with Gasteiger partial charge in [0.2, 0.25) is 5.69 Å². The standard InChI is InChI=1S/C10H8N2.2C7H4N2O6/c1-3-7-11-9(5-1)10-6-2-4-8-12-10;2*10-7(11)4-1-5(8(12)13)3-6(2-4)9(14)15/h1-8H;2*1-3H,(H,10,11). The molecule has 2 N–H and O–H groups in total. The van der Waals surface area contributed by atoms with Gasteiger partial charge in [-0.2, -0.15) is 0 Å². The number of aromatic amines is 1. The van der Waals surface area contributed by atoms with E-state index in [9.17, 15) is 55.2 Å². The van der Waals surface area contributed by atoms with Crippen LogP contribution in [0.1, 0.15) is 20.7 Å². The van der Waals surface area contributed by atoms with Crippen LogP contribution < -0.4 is 10.1 Å². The molecule has 2 aromatic carbocycles. The van der Waals surface area contributed by atoms with Crippen LogP contribution in [0.2, 0.25) is 0 Å². The summed E-state index contributed by atoms with van der Waals surface area (Å²) in [4.78, 5) is 65.9. The second-order valence-electron chi connectivity index (χ2n) is 7.59. The number of hydrogen-bond acceptors (Lipinski definition) is 12. The van der Waals surface area contributed by atoms with E-state index >= 15 is 0 Å². The number of carbonyl (C=O) groups excluding carboxylic acids is 1. The largest absolute Gasteiger partial charge is 0.545 e. The summed E-state index contributed by atoms with van der Waals surface area (Å²) in [5.41, 5.74) is -1.65. The SMILES string of the molecule is O=C(O)c1cc([N+](=O)[O-])cc([N+](=O)[O-])c1.O=C([O-])c1cc([N+](=O)[O-])cc([N+](=O)[O-])c1.c1ccc(-c2cccc[nH+]2)nc1. The molecule has 0 saturated carbocycles. The minimum atomic E-state index is -1.71. The molecule has 0 amide bonds. The van der Waals surface area contributed by atoms with Crippen molar-refractivity contribution in [2.24, 2.45) is 0 Å². The van der Waals surface area contributed by atoms with Gasteiger partial charge < -0.3 is 15.0 Å². The number of benzene rings is 2. The summed E-state index contributed by atoms with van der Waals surface area (Å²) in [6, 6.07) is 16.1. The summed E-state index contributed by atoms with van der Waals surface area (Å²) in [5, 5.41) is 60.3. The fourth-order valence-corrected chi connectivity index (χ4v) is 2.93. The average Bonchev–Trinajstić information content (AvgIpc) is 2.98. The number of aromatic nitrogens is 2. The minimum absolute atomic E-state index is 0.490. The number of nitrogens with zero attached hydrogens (tertiary/aromatic N) is 5. The van der Waals surface area contributed by atoms with Crippen LogP contribution in [0, 0.1) is 40.5 Å². The number of nitro benzene ring substituents is 4. The van der Waals surface area contributed by atoms with E-state index in [4.69, 9.17) is 5.11 Å². The zero-order chi connectivity index (χ0) is 31.4. The summed E-state index contributed by atoms with van der Waals surface area (Å²) in [6.45, 7) is 0. The number of nitro groups is 4. The molecule has 0 saturated heterocycles. The summed E-state index contributed by atoms with van der Waals surface area (Å²) in [5.74, 6) is -3.16. The molecule has 18 nitrogen and oxygen atoms in total. The molecule has 2 aromatic heterocycles. The molecule has 2 heterocycles. The monoisotopic (exact) mass is 580 g/mol. The van der Waals surface area contributed by atoms with Crippen LogP contribution in [-0.4, -0.2) is 41.7 Å². The third-order valence-corrected chi connectivity index (χ3v) is 4.78. The van der Waals surface area contributed by atoms with Gasteiger partial charge in [0.05, 0.1) is 43.4 Å². The molecule has 18 heteroatoms. The summed E-state index contributed by atoms with van der Waals surface area (Å²) in [6.07, 6.45) is 3.68. The molecule has 0 fully saturated rings. The maximum atomic E-state index is 10.5. The molecule has 42 heavy (non-hydrogen) atoms.